The number of benzene rings is 3. The number of halogens is 3. The molecule has 5 rings (SSSR count). The molecule has 11 heteroatoms. The number of aliphatic imine (C=N–C) groups is 1. The van der Waals surface area contributed by atoms with E-state index < -0.39 is 54.7 Å². The average Bonchev–Trinajstić information content (AvgIpc) is 3.79. The van der Waals surface area contributed by atoms with Crippen LogP contribution in [0.1, 0.15) is 48.3 Å². The molecule has 3 amide bonds. The molecule has 42 heavy (non-hydrogen) atoms. The monoisotopic (exact) mass is 578 g/mol. The Kier molecular flexibility index (Phi) is 8.28. The quantitative estimate of drug-likeness (QED) is 0.323. The molecule has 3 aromatic carbocycles. The van der Waals surface area contributed by atoms with Crippen LogP contribution in [0.5, 0.6) is 5.75 Å². The summed E-state index contributed by atoms with van der Waals surface area (Å²) in [5.74, 6) is -5.07. The fourth-order valence-corrected chi connectivity index (χ4v) is 4.96. The van der Waals surface area contributed by atoms with Crippen molar-refractivity contribution in [1.82, 2.24) is 5.32 Å². The topological polar surface area (TPSA) is 123 Å². The average molecular weight is 579 g/mol. The summed E-state index contributed by atoms with van der Waals surface area (Å²) in [5, 5.41) is 5.30. The van der Waals surface area contributed by atoms with Gasteiger partial charge in [-0.2, -0.15) is 13.2 Å². The van der Waals surface area contributed by atoms with E-state index in [0.717, 1.165) is 12.8 Å². The van der Waals surface area contributed by atoms with E-state index >= 15 is 0 Å². The Morgan fingerprint density at radius 3 is 2.29 bits per heavy atom. The zero-order valence-corrected chi connectivity index (χ0v) is 22.4. The van der Waals surface area contributed by atoms with Crippen LogP contribution in [0.4, 0.5) is 18.9 Å². The highest BCUT2D eigenvalue weighted by molar-refractivity contribution is 6.20. The molecular weight excluding hydrogens is 549 g/mol. The van der Waals surface area contributed by atoms with Crippen molar-refractivity contribution in [2.75, 3.05) is 5.32 Å². The maximum atomic E-state index is 13.7. The van der Waals surface area contributed by atoms with Crippen molar-refractivity contribution in [3.63, 3.8) is 0 Å². The SMILES string of the molecule is NC(=O)[C@@H](c1ccccc1)[C@@H](CCC(F)(F)F)C(=O)NC1N=C(c2ccccc2)c2cccc(OC3CC3)c2NC1=O. The Labute approximate surface area is 240 Å². The third kappa shape index (κ3) is 6.79. The van der Waals surface area contributed by atoms with Crippen LogP contribution in [0.3, 0.4) is 0 Å². The number of hydrogen-bond donors (Lipinski definition) is 3. The van der Waals surface area contributed by atoms with Crippen molar-refractivity contribution in [2.45, 2.75) is 50.0 Å². The molecule has 8 nitrogen and oxygen atoms in total. The first-order valence-electron chi connectivity index (χ1n) is 13.6. The minimum Gasteiger partial charge on any atom is -0.488 e. The zero-order valence-electron chi connectivity index (χ0n) is 22.4. The maximum absolute atomic E-state index is 13.7. The summed E-state index contributed by atoms with van der Waals surface area (Å²) in [7, 11) is 0. The molecule has 3 aromatic rings. The number of carbonyl (C=O) groups is 3. The van der Waals surface area contributed by atoms with E-state index in [2.05, 4.69) is 15.6 Å². The summed E-state index contributed by atoms with van der Waals surface area (Å²) in [6.45, 7) is 0. The zero-order chi connectivity index (χ0) is 29.9. The van der Waals surface area contributed by atoms with Gasteiger partial charge < -0.3 is 21.1 Å². The van der Waals surface area contributed by atoms with Crippen molar-refractivity contribution < 1.29 is 32.3 Å². The van der Waals surface area contributed by atoms with Crippen LogP contribution in [-0.2, 0) is 14.4 Å². The molecule has 1 aliphatic heterocycles. The van der Waals surface area contributed by atoms with Crippen molar-refractivity contribution in [2.24, 2.45) is 16.6 Å². The van der Waals surface area contributed by atoms with Crippen LogP contribution in [0.25, 0.3) is 0 Å². The van der Waals surface area contributed by atoms with E-state index in [-0.39, 0.29) is 6.10 Å². The number of para-hydroxylation sites is 1. The fraction of sp³-hybridized carbons (Fsp3) is 0.290. The first kappa shape index (κ1) is 28.8. The molecule has 1 saturated carbocycles. The molecule has 218 valence electrons. The lowest BCUT2D eigenvalue weighted by molar-refractivity contribution is -0.144. The Balaban J connectivity index is 1.51. The first-order chi connectivity index (χ1) is 20.1. The maximum Gasteiger partial charge on any atom is 0.389 e. The van der Waals surface area contributed by atoms with E-state index in [9.17, 15) is 27.6 Å². The van der Waals surface area contributed by atoms with Gasteiger partial charge in [0.05, 0.1) is 29.3 Å². The van der Waals surface area contributed by atoms with Gasteiger partial charge in [-0.25, -0.2) is 4.99 Å². The van der Waals surface area contributed by atoms with E-state index in [1.807, 2.05) is 6.07 Å². The second-order valence-electron chi connectivity index (χ2n) is 10.3. The molecule has 3 atom stereocenters. The molecular formula is C31H29F3N4O4. The van der Waals surface area contributed by atoms with Gasteiger partial charge in [0.15, 0.2) is 0 Å². The van der Waals surface area contributed by atoms with Crippen molar-refractivity contribution in [3.8, 4) is 5.75 Å². The third-order valence-electron chi connectivity index (χ3n) is 7.12. The fourth-order valence-electron chi connectivity index (χ4n) is 4.96. The first-order valence-corrected chi connectivity index (χ1v) is 13.6. The normalized spacial score (nSPS) is 18.0. The number of nitrogens with one attached hydrogen (secondary N) is 2. The summed E-state index contributed by atoms with van der Waals surface area (Å²) < 4.78 is 45.9. The number of anilines is 1. The predicted molar refractivity (Wildman–Crippen MR) is 150 cm³/mol. The smallest absolute Gasteiger partial charge is 0.389 e. The number of fused-ring (bicyclic) bond motifs is 1. The molecule has 4 N–H and O–H groups in total. The minimum absolute atomic E-state index is 0.0300. The number of benzodiazepines with no additional fused rings is 1. The van der Waals surface area contributed by atoms with Crippen LogP contribution < -0.4 is 21.1 Å². The molecule has 0 saturated heterocycles. The number of hydrogen-bond acceptors (Lipinski definition) is 5. The van der Waals surface area contributed by atoms with Crippen molar-refractivity contribution in [1.29, 1.82) is 0 Å². The second-order valence-corrected chi connectivity index (χ2v) is 10.3. The third-order valence-corrected chi connectivity index (χ3v) is 7.12. The minimum atomic E-state index is -4.59. The Morgan fingerprint density at radius 1 is 1.00 bits per heavy atom. The molecule has 0 spiro atoms. The second kappa shape index (κ2) is 12.1. The van der Waals surface area contributed by atoms with Crippen LogP contribution in [0.15, 0.2) is 83.9 Å². The van der Waals surface area contributed by atoms with Crippen LogP contribution in [0, 0.1) is 5.92 Å². The van der Waals surface area contributed by atoms with Crippen LogP contribution in [0.2, 0.25) is 0 Å². The summed E-state index contributed by atoms with van der Waals surface area (Å²) >= 11 is 0. The molecule has 2 aliphatic rings. The molecule has 0 radical (unpaired) electrons. The van der Waals surface area contributed by atoms with Gasteiger partial charge in [0.25, 0.3) is 5.91 Å². The van der Waals surface area contributed by atoms with Crippen molar-refractivity contribution in [3.05, 3.63) is 95.6 Å². The van der Waals surface area contributed by atoms with E-state index in [0.29, 0.717) is 33.8 Å². The van der Waals surface area contributed by atoms with Gasteiger partial charge >= 0.3 is 6.18 Å². The molecule has 1 aliphatic carbocycles. The number of amides is 3. The van der Waals surface area contributed by atoms with Gasteiger partial charge in [0, 0.05) is 17.5 Å². The van der Waals surface area contributed by atoms with Gasteiger partial charge in [0.1, 0.15) is 5.75 Å². The summed E-state index contributed by atoms with van der Waals surface area (Å²) in [6.07, 6.45) is -6.36. The standard InChI is InChI=1S/C31H29F3N4O4/c32-31(33,34)17-16-21(24(27(35)39)18-8-3-1-4-9-18)29(40)38-28-30(41)37-26-22(12-7-13-23(26)42-20-14-15-20)25(36-28)19-10-5-2-6-11-19/h1-13,20-21,24,28H,14-17H2,(H2,35,39)(H,37,41)(H,38,40)/t21-,24+,28?/m1/s1. The van der Waals surface area contributed by atoms with E-state index in [1.54, 1.807) is 60.7 Å². The number of carbonyl (C=O) groups excluding carboxylic acids is 3. The lowest BCUT2D eigenvalue weighted by Gasteiger charge is -2.26. The summed E-state index contributed by atoms with van der Waals surface area (Å²) in [5.41, 5.74) is 7.87. The molecule has 1 unspecified atom stereocenters. The van der Waals surface area contributed by atoms with Gasteiger partial charge in [-0.05, 0) is 30.9 Å². The van der Waals surface area contributed by atoms with Gasteiger partial charge in [-0.3, -0.25) is 14.4 Å². The number of nitrogens with two attached hydrogens (primary N) is 1. The Bertz CT molecular complexity index is 1490. The van der Waals surface area contributed by atoms with Gasteiger partial charge in [-0.15, -0.1) is 0 Å². The highest BCUT2D eigenvalue weighted by Crippen LogP contribution is 2.37. The van der Waals surface area contributed by atoms with E-state index in [4.69, 9.17) is 10.5 Å². The van der Waals surface area contributed by atoms with Crippen molar-refractivity contribution >= 4 is 29.1 Å². The lowest BCUT2D eigenvalue weighted by atomic mass is 9.81. The summed E-state index contributed by atoms with van der Waals surface area (Å²) in [4.78, 5) is 44.3. The Morgan fingerprint density at radius 2 is 1.67 bits per heavy atom. The molecule has 0 bridgehead atoms. The number of ether oxygens (including phenoxy) is 1. The largest absolute Gasteiger partial charge is 0.488 e. The number of rotatable bonds is 10. The Hall–Kier alpha value is -4.67. The van der Waals surface area contributed by atoms with Crippen LogP contribution in [-0.4, -0.2) is 41.9 Å². The highest BCUT2D eigenvalue weighted by atomic mass is 19.4. The molecule has 0 aromatic heterocycles. The highest BCUT2D eigenvalue weighted by Gasteiger charge is 2.39. The number of primary amides is 1. The van der Waals surface area contributed by atoms with Crippen LogP contribution >= 0.6 is 0 Å². The van der Waals surface area contributed by atoms with Gasteiger partial charge in [0.2, 0.25) is 18.0 Å². The number of alkyl halides is 3. The lowest BCUT2D eigenvalue weighted by Crippen LogP contribution is -2.47. The molecule has 1 heterocycles. The predicted octanol–water partition coefficient (Wildman–Crippen LogP) is 4.69. The number of nitrogens with zero attached hydrogens (tertiary/aromatic N) is 1. The van der Waals surface area contributed by atoms with E-state index in [1.165, 1.54) is 12.1 Å². The molecule has 1 fully saturated rings. The summed E-state index contributed by atoms with van der Waals surface area (Å²) in [6, 6.07) is 22.1. The van der Waals surface area contributed by atoms with Gasteiger partial charge in [-0.1, -0.05) is 72.8 Å².